The molecule has 5 nitrogen and oxygen atoms in total. The van der Waals surface area contributed by atoms with Crippen molar-refractivity contribution in [2.24, 2.45) is 5.73 Å². The SMILES string of the molecule is CC(CN)c1nc(C2CC3CCC(C2)N3C)no1. The highest BCUT2D eigenvalue weighted by molar-refractivity contribution is 5.06. The number of aromatic nitrogens is 2. The summed E-state index contributed by atoms with van der Waals surface area (Å²) in [7, 11) is 2.25. The lowest BCUT2D eigenvalue weighted by Gasteiger charge is -2.34. The third kappa shape index (κ3) is 1.95. The molecule has 2 aliphatic rings. The van der Waals surface area contributed by atoms with E-state index in [0.717, 1.165) is 5.82 Å². The van der Waals surface area contributed by atoms with E-state index in [1.54, 1.807) is 0 Å². The van der Waals surface area contributed by atoms with Gasteiger partial charge in [0, 0.05) is 30.5 Å². The van der Waals surface area contributed by atoms with Crippen LogP contribution in [-0.2, 0) is 0 Å². The molecule has 5 heteroatoms. The zero-order valence-electron chi connectivity index (χ0n) is 11.2. The summed E-state index contributed by atoms with van der Waals surface area (Å²) in [5.74, 6) is 2.23. The lowest BCUT2D eigenvalue weighted by Crippen LogP contribution is -2.39. The summed E-state index contributed by atoms with van der Waals surface area (Å²) in [5, 5.41) is 4.17. The Morgan fingerprint density at radius 2 is 2.06 bits per heavy atom. The van der Waals surface area contributed by atoms with Crippen LogP contribution in [-0.4, -0.2) is 40.7 Å². The summed E-state index contributed by atoms with van der Waals surface area (Å²) in [5.41, 5.74) is 5.63. The Hall–Kier alpha value is -0.940. The lowest BCUT2D eigenvalue weighted by atomic mass is 9.90. The second-order valence-electron chi connectivity index (χ2n) is 5.85. The van der Waals surface area contributed by atoms with Crippen LogP contribution in [0.3, 0.4) is 0 Å². The van der Waals surface area contributed by atoms with Crippen LogP contribution in [0, 0.1) is 0 Å². The van der Waals surface area contributed by atoms with Crippen molar-refractivity contribution in [2.45, 2.75) is 56.5 Å². The van der Waals surface area contributed by atoms with Gasteiger partial charge < -0.3 is 15.2 Å². The van der Waals surface area contributed by atoms with Crippen LogP contribution in [0.2, 0.25) is 0 Å². The molecule has 100 valence electrons. The van der Waals surface area contributed by atoms with Crippen LogP contribution in [0.1, 0.15) is 56.2 Å². The van der Waals surface area contributed by atoms with Gasteiger partial charge in [-0.2, -0.15) is 4.98 Å². The molecule has 2 N–H and O–H groups in total. The molecule has 2 fully saturated rings. The van der Waals surface area contributed by atoms with Crippen molar-refractivity contribution in [1.82, 2.24) is 15.0 Å². The van der Waals surface area contributed by atoms with Gasteiger partial charge in [0.25, 0.3) is 0 Å². The molecular weight excluding hydrogens is 228 g/mol. The molecule has 3 unspecified atom stereocenters. The van der Waals surface area contributed by atoms with Crippen LogP contribution in [0.4, 0.5) is 0 Å². The van der Waals surface area contributed by atoms with Crippen LogP contribution in [0.25, 0.3) is 0 Å². The molecule has 0 radical (unpaired) electrons. The number of nitrogens with two attached hydrogens (primary N) is 1. The minimum absolute atomic E-state index is 0.161. The van der Waals surface area contributed by atoms with Gasteiger partial charge in [0.05, 0.1) is 0 Å². The lowest BCUT2D eigenvalue weighted by molar-refractivity contribution is 0.157. The topological polar surface area (TPSA) is 68.2 Å². The van der Waals surface area contributed by atoms with Gasteiger partial charge in [0.1, 0.15) is 0 Å². The fourth-order valence-electron chi connectivity index (χ4n) is 3.34. The minimum atomic E-state index is 0.161. The Balaban J connectivity index is 1.74. The van der Waals surface area contributed by atoms with Crippen molar-refractivity contribution in [3.63, 3.8) is 0 Å². The summed E-state index contributed by atoms with van der Waals surface area (Å²) in [4.78, 5) is 7.08. The monoisotopic (exact) mass is 250 g/mol. The number of nitrogens with zero attached hydrogens (tertiary/aromatic N) is 3. The Kier molecular flexibility index (Phi) is 3.11. The van der Waals surface area contributed by atoms with Crippen molar-refractivity contribution in [3.05, 3.63) is 11.7 Å². The van der Waals surface area contributed by atoms with E-state index in [1.807, 2.05) is 6.92 Å². The molecule has 3 heterocycles. The molecule has 0 saturated carbocycles. The number of hydrogen-bond donors (Lipinski definition) is 1. The standard InChI is InChI=1S/C13H22N4O/c1-8(7-14)13-15-12(16-18-13)9-5-10-3-4-11(6-9)17(10)2/h8-11H,3-7,14H2,1-2H3. The van der Waals surface area contributed by atoms with Crippen LogP contribution in [0.15, 0.2) is 4.52 Å². The Bertz CT molecular complexity index is 405. The number of hydrogen-bond acceptors (Lipinski definition) is 5. The quantitative estimate of drug-likeness (QED) is 0.880. The zero-order chi connectivity index (χ0) is 12.7. The molecule has 0 aliphatic carbocycles. The molecule has 0 aromatic carbocycles. The summed E-state index contributed by atoms with van der Waals surface area (Å²) in [6.07, 6.45) is 4.98. The van der Waals surface area contributed by atoms with Gasteiger partial charge in [0.2, 0.25) is 5.89 Å². The molecule has 0 spiro atoms. The molecule has 3 atom stereocenters. The van der Waals surface area contributed by atoms with E-state index in [9.17, 15) is 0 Å². The van der Waals surface area contributed by atoms with Gasteiger partial charge >= 0.3 is 0 Å². The van der Waals surface area contributed by atoms with E-state index < -0.39 is 0 Å². The Morgan fingerprint density at radius 3 is 2.67 bits per heavy atom. The van der Waals surface area contributed by atoms with Gasteiger partial charge in [-0.3, -0.25) is 0 Å². The molecule has 1 aromatic heterocycles. The first-order valence-corrected chi connectivity index (χ1v) is 6.94. The van der Waals surface area contributed by atoms with E-state index in [1.165, 1.54) is 25.7 Å². The average Bonchev–Trinajstić information content (AvgIpc) is 2.92. The first-order chi connectivity index (χ1) is 8.69. The van der Waals surface area contributed by atoms with E-state index in [2.05, 4.69) is 22.1 Å². The van der Waals surface area contributed by atoms with E-state index >= 15 is 0 Å². The first kappa shape index (κ1) is 12.1. The highest BCUT2D eigenvalue weighted by atomic mass is 16.5. The van der Waals surface area contributed by atoms with Crippen molar-refractivity contribution < 1.29 is 4.52 Å². The smallest absolute Gasteiger partial charge is 0.230 e. The normalized spacial score (nSPS) is 33.8. The zero-order valence-corrected chi connectivity index (χ0v) is 11.2. The third-order valence-corrected chi connectivity index (χ3v) is 4.70. The number of fused-ring (bicyclic) bond motifs is 2. The first-order valence-electron chi connectivity index (χ1n) is 6.94. The van der Waals surface area contributed by atoms with Gasteiger partial charge in [-0.15, -0.1) is 0 Å². The molecule has 2 bridgehead atoms. The van der Waals surface area contributed by atoms with Crippen LogP contribution >= 0.6 is 0 Å². The molecule has 2 saturated heterocycles. The van der Waals surface area contributed by atoms with Gasteiger partial charge in [-0.05, 0) is 32.7 Å². The second-order valence-corrected chi connectivity index (χ2v) is 5.85. The maximum atomic E-state index is 5.63. The van der Waals surface area contributed by atoms with Gasteiger partial charge in [-0.1, -0.05) is 12.1 Å². The fourth-order valence-corrected chi connectivity index (χ4v) is 3.34. The minimum Gasteiger partial charge on any atom is -0.339 e. The largest absolute Gasteiger partial charge is 0.339 e. The highest BCUT2D eigenvalue weighted by Gasteiger charge is 2.40. The molecule has 18 heavy (non-hydrogen) atoms. The Labute approximate surface area is 108 Å². The number of rotatable bonds is 3. The molecule has 0 amide bonds. The maximum absolute atomic E-state index is 5.63. The van der Waals surface area contributed by atoms with Crippen LogP contribution in [0.5, 0.6) is 0 Å². The van der Waals surface area contributed by atoms with Gasteiger partial charge in [0.15, 0.2) is 5.82 Å². The fraction of sp³-hybridized carbons (Fsp3) is 0.846. The molecule has 1 aromatic rings. The summed E-state index contributed by atoms with van der Waals surface area (Å²) in [6.45, 7) is 2.58. The van der Waals surface area contributed by atoms with Crippen molar-refractivity contribution in [2.75, 3.05) is 13.6 Å². The third-order valence-electron chi connectivity index (χ3n) is 4.70. The predicted molar refractivity (Wildman–Crippen MR) is 68.3 cm³/mol. The molecule has 2 aliphatic heterocycles. The highest BCUT2D eigenvalue weighted by Crippen LogP contribution is 2.41. The Morgan fingerprint density at radius 1 is 1.39 bits per heavy atom. The maximum Gasteiger partial charge on any atom is 0.230 e. The summed E-state index contributed by atoms with van der Waals surface area (Å²) >= 11 is 0. The average molecular weight is 250 g/mol. The summed E-state index contributed by atoms with van der Waals surface area (Å²) in [6, 6.07) is 1.42. The van der Waals surface area contributed by atoms with Gasteiger partial charge in [-0.25, -0.2) is 0 Å². The van der Waals surface area contributed by atoms with Crippen molar-refractivity contribution in [3.8, 4) is 0 Å². The van der Waals surface area contributed by atoms with Crippen molar-refractivity contribution in [1.29, 1.82) is 0 Å². The predicted octanol–water partition coefficient (Wildman–Crippen LogP) is 1.47. The van der Waals surface area contributed by atoms with E-state index in [-0.39, 0.29) is 5.92 Å². The molecular formula is C13H22N4O. The summed E-state index contributed by atoms with van der Waals surface area (Å²) < 4.78 is 5.33. The molecule has 3 rings (SSSR count). The van der Waals surface area contributed by atoms with E-state index in [4.69, 9.17) is 10.3 Å². The van der Waals surface area contributed by atoms with E-state index in [0.29, 0.717) is 30.4 Å². The second kappa shape index (κ2) is 4.63. The van der Waals surface area contributed by atoms with Crippen LogP contribution < -0.4 is 5.73 Å². The number of piperidine rings is 1. The van der Waals surface area contributed by atoms with Crippen molar-refractivity contribution >= 4 is 0 Å².